The van der Waals surface area contributed by atoms with Crippen molar-refractivity contribution in [1.82, 2.24) is 0 Å². The first-order chi connectivity index (χ1) is 12.6. The first-order valence-electron chi connectivity index (χ1n) is 9.60. The average Bonchev–Trinajstić information content (AvgIpc) is 2.62. The zero-order valence-corrected chi connectivity index (χ0v) is 16.2. The van der Waals surface area contributed by atoms with Crippen LogP contribution in [0.1, 0.15) is 52.9 Å². The standard InChI is InChI=1S/C21H32N4O/c1-4-10-17(14-9-13-16-11-7-6-8-12-16)19-20(23)26-21(24-5-2)18(25-19)15(3)22/h4,9-10,13-14,16,20H,5-8,11-12,22-23H2,1-3H3/b10-4-,13-9+,17-14+,18-15-,24-21?. The Morgan fingerprint density at radius 3 is 2.65 bits per heavy atom. The van der Waals surface area contributed by atoms with E-state index in [9.17, 15) is 0 Å². The lowest BCUT2D eigenvalue weighted by atomic mass is 9.89. The third-order valence-corrected chi connectivity index (χ3v) is 4.57. The Kier molecular flexibility index (Phi) is 7.85. The van der Waals surface area contributed by atoms with Crippen LogP contribution in [-0.2, 0) is 4.74 Å². The molecule has 0 aromatic heterocycles. The smallest absolute Gasteiger partial charge is 0.238 e. The lowest BCUT2D eigenvalue weighted by Crippen LogP contribution is -2.41. The van der Waals surface area contributed by atoms with E-state index in [-0.39, 0.29) is 0 Å². The van der Waals surface area contributed by atoms with Gasteiger partial charge in [0, 0.05) is 17.8 Å². The van der Waals surface area contributed by atoms with Gasteiger partial charge in [0.1, 0.15) is 11.4 Å². The van der Waals surface area contributed by atoms with Crippen LogP contribution in [0.15, 0.2) is 57.3 Å². The molecule has 0 radical (unpaired) electrons. The summed E-state index contributed by atoms with van der Waals surface area (Å²) in [6.07, 6.45) is 16.4. The fourth-order valence-electron chi connectivity index (χ4n) is 3.25. The highest BCUT2D eigenvalue weighted by Crippen LogP contribution is 2.25. The Bertz CT molecular complexity index is 657. The molecule has 1 fully saturated rings. The molecule has 1 atom stereocenters. The van der Waals surface area contributed by atoms with Crippen LogP contribution >= 0.6 is 0 Å². The van der Waals surface area contributed by atoms with Crippen molar-refractivity contribution in [2.45, 2.75) is 59.1 Å². The molecule has 26 heavy (non-hydrogen) atoms. The van der Waals surface area contributed by atoms with Crippen LogP contribution in [-0.4, -0.2) is 24.4 Å². The Labute approximate surface area is 157 Å². The summed E-state index contributed by atoms with van der Waals surface area (Å²) in [6.45, 7) is 6.30. The highest BCUT2D eigenvalue weighted by Gasteiger charge is 2.26. The molecular weight excluding hydrogens is 324 g/mol. The number of allylic oxidation sites excluding steroid dienone is 6. The summed E-state index contributed by atoms with van der Waals surface area (Å²) in [5.74, 6) is 1.09. The van der Waals surface area contributed by atoms with E-state index in [0.29, 0.717) is 35.5 Å². The molecular formula is C21H32N4O. The van der Waals surface area contributed by atoms with Crippen LogP contribution in [0.4, 0.5) is 0 Å². The SMILES string of the molecule is C\C=C/C(=C\C=C\C1CCCCC1)C1=N/C(=C(/C)N)C(=NCC)OC1N. The van der Waals surface area contributed by atoms with E-state index in [4.69, 9.17) is 16.2 Å². The van der Waals surface area contributed by atoms with E-state index in [1.807, 2.05) is 26.0 Å². The molecule has 1 unspecified atom stereocenters. The van der Waals surface area contributed by atoms with Gasteiger partial charge in [0.25, 0.3) is 0 Å². The number of hydrogen-bond donors (Lipinski definition) is 2. The summed E-state index contributed by atoms with van der Waals surface area (Å²) in [7, 11) is 0. The van der Waals surface area contributed by atoms with Gasteiger partial charge in [-0.25, -0.2) is 4.99 Å². The summed E-state index contributed by atoms with van der Waals surface area (Å²) in [5, 5.41) is 0. The molecule has 5 heteroatoms. The second-order valence-corrected chi connectivity index (χ2v) is 6.75. The summed E-state index contributed by atoms with van der Waals surface area (Å²) >= 11 is 0. The van der Waals surface area contributed by atoms with Gasteiger partial charge >= 0.3 is 0 Å². The Hall–Kier alpha value is -2.14. The highest BCUT2D eigenvalue weighted by molar-refractivity contribution is 6.12. The van der Waals surface area contributed by atoms with Gasteiger partial charge in [-0.3, -0.25) is 10.7 Å². The molecule has 142 valence electrons. The Balaban J connectivity index is 2.31. The van der Waals surface area contributed by atoms with Crippen molar-refractivity contribution >= 4 is 11.6 Å². The van der Waals surface area contributed by atoms with E-state index in [1.54, 1.807) is 6.92 Å². The summed E-state index contributed by atoms with van der Waals surface area (Å²) in [4.78, 5) is 9.00. The predicted octanol–water partition coefficient (Wildman–Crippen LogP) is 3.99. The van der Waals surface area contributed by atoms with E-state index in [1.165, 1.54) is 32.1 Å². The van der Waals surface area contributed by atoms with Crippen molar-refractivity contribution in [2.75, 3.05) is 6.54 Å². The maximum atomic E-state index is 6.21. The van der Waals surface area contributed by atoms with Crippen LogP contribution in [0.2, 0.25) is 0 Å². The van der Waals surface area contributed by atoms with Gasteiger partial charge in [-0.1, -0.05) is 49.6 Å². The van der Waals surface area contributed by atoms with Gasteiger partial charge in [0.15, 0.2) is 6.23 Å². The number of ether oxygens (including phenoxy) is 1. The molecule has 1 aliphatic heterocycles. The molecule has 1 saturated carbocycles. The van der Waals surface area contributed by atoms with Crippen molar-refractivity contribution < 1.29 is 4.74 Å². The van der Waals surface area contributed by atoms with Gasteiger partial charge in [-0.05, 0) is 39.5 Å². The minimum atomic E-state index is -0.658. The fourth-order valence-corrected chi connectivity index (χ4v) is 3.25. The quantitative estimate of drug-likeness (QED) is 0.730. The third-order valence-electron chi connectivity index (χ3n) is 4.57. The minimum Gasteiger partial charge on any atom is -0.451 e. The maximum absolute atomic E-state index is 6.21. The number of rotatable bonds is 5. The van der Waals surface area contributed by atoms with E-state index >= 15 is 0 Å². The van der Waals surface area contributed by atoms with Gasteiger partial charge in [-0.2, -0.15) is 0 Å². The lowest BCUT2D eigenvalue weighted by Gasteiger charge is -2.25. The monoisotopic (exact) mass is 356 g/mol. The van der Waals surface area contributed by atoms with Crippen LogP contribution in [0.5, 0.6) is 0 Å². The third kappa shape index (κ3) is 5.43. The van der Waals surface area contributed by atoms with Crippen LogP contribution in [0, 0.1) is 5.92 Å². The first kappa shape index (κ1) is 20.2. The van der Waals surface area contributed by atoms with Gasteiger partial charge in [0.2, 0.25) is 5.90 Å². The molecule has 0 saturated heterocycles. The summed E-state index contributed by atoms with van der Waals surface area (Å²) < 4.78 is 5.80. The predicted molar refractivity (Wildman–Crippen MR) is 110 cm³/mol. The van der Waals surface area contributed by atoms with E-state index in [0.717, 1.165) is 5.57 Å². The molecule has 2 aliphatic rings. The summed E-state index contributed by atoms with van der Waals surface area (Å²) in [6, 6.07) is 0. The molecule has 0 bridgehead atoms. The topological polar surface area (TPSA) is 86.0 Å². The molecule has 1 aliphatic carbocycles. The zero-order valence-electron chi connectivity index (χ0n) is 16.2. The van der Waals surface area contributed by atoms with Gasteiger partial charge in [0.05, 0.1) is 0 Å². The number of hydrogen-bond acceptors (Lipinski definition) is 5. The molecule has 0 aromatic rings. The molecule has 5 nitrogen and oxygen atoms in total. The van der Waals surface area contributed by atoms with Crippen LogP contribution in [0.3, 0.4) is 0 Å². The van der Waals surface area contributed by atoms with Crippen LogP contribution < -0.4 is 11.5 Å². The molecule has 0 amide bonds. The number of aliphatic imine (C=N–C) groups is 2. The van der Waals surface area contributed by atoms with Crippen molar-refractivity contribution in [3.05, 3.63) is 47.3 Å². The van der Waals surface area contributed by atoms with E-state index in [2.05, 4.69) is 28.2 Å². The average molecular weight is 357 g/mol. The summed E-state index contributed by atoms with van der Waals surface area (Å²) in [5.41, 5.74) is 14.9. The molecule has 2 rings (SSSR count). The van der Waals surface area contributed by atoms with Crippen molar-refractivity contribution in [3.8, 4) is 0 Å². The molecule has 1 heterocycles. The second kappa shape index (κ2) is 10.1. The largest absolute Gasteiger partial charge is 0.451 e. The zero-order chi connectivity index (χ0) is 18.9. The molecule has 4 N–H and O–H groups in total. The second-order valence-electron chi connectivity index (χ2n) is 6.75. The van der Waals surface area contributed by atoms with Crippen LogP contribution in [0.25, 0.3) is 0 Å². The Morgan fingerprint density at radius 1 is 1.31 bits per heavy atom. The fraction of sp³-hybridized carbons (Fsp3) is 0.524. The number of nitrogens with zero attached hydrogens (tertiary/aromatic N) is 2. The maximum Gasteiger partial charge on any atom is 0.238 e. The van der Waals surface area contributed by atoms with Gasteiger partial charge < -0.3 is 10.5 Å². The Morgan fingerprint density at radius 2 is 2.04 bits per heavy atom. The normalized spacial score (nSPS) is 26.5. The first-order valence-corrected chi connectivity index (χ1v) is 9.60. The van der Waals surface area contributed by atoms with E-state index < -0.39 is 6.23 Å². The minimum absolute atomic E-state index is 0.418. The van der Waals surface area contributed by atoms with Crippen molar-refractivity contribution in [2.24, 2.45) is 27.4 Å². The lowest BCUT2D eigenvalue weighted by molar-refractivity contribution is 0.255. The number of nitrogens with two attached hydrogens (primary N) is 2. The van der Waals surface area contributed by atoms with Gasteiger partial charge in [-0.15, -0.1) is 0 Å². The molecule has 0 aromatic carbocycles. The molecule has 0 spiro atoms. The highest BCUT2D eigenvalue weighted by atomic mass is 16.5. The van der Waals surface area contributed by atoms with Crippen molar-refractivity contribution in [1.29, 1.82) is 0 Å². The van der Waals surface area contributed by atoms with Crippen molar-refractivity contribution in [3.63, 3.8) is 0 Å².